The number of carbonyl (C=O) groups excluding carboxylic acids is 2. The van der Waals surface area contributed by atoms with Gasteiger partial charge in [0.25, 0.3) is 0 Å². The van der Waals surface area contributed by atoms with Gasteiger partial charge in [0.05, 0.1) is 0 Å². The van der Waals surface area contributed by atoms with Crippen molar-refractivity contribution in [2.45, 2.75) is 33.2 Å². The lowest BCUT2D eigenvalue weighted by Gasteiger charge is -2.33. The van der Waals surface area contributed by atoms with Crippen LogP contribution in [0.15, 0.2) is 24.3 Å². The van der Waals surface area contributed by atoms with Crippen molar-refractivity contribution in [1.82, 2.24) is 15.5 Å². The molecule has 1 aromatic rings. The summed E-state index contributed by atoms with van der Waals surface area (Å²) >= 11 is 0. The van der Waals surface area contributed by atoms with Crippen molar-refractivity contribution in [3.63, 3.8) is 0 Å². The van der Waals surface area contributed by atoms with Gasteiger partial charge in [-0.25, -0.2) is 0 Å². The van der Waals surface area contributed by atoms with Crippen LogP contribution < -0.4 is 10.6 Å². The Labute approximate surface area is 144 Å². The van der Waals surface area contributed by atoms with Gasteiger partial charge in [0.1, 0.15) is 0 Å². The number of piperidine rings is 1. The van der Waals surface area contributed by atoms with Gasteiger partial charge in [-0.3, -0.25) is 9.59 Å². The summed E-state index contributed by atoms with van der Waals surface area (Å²) in [5, 5.41) is 6.06. The minimum atomic E-state index is -0.0121. The molecule has 1 heterocycles. The molecule has 1 aliphatic heterocycles. The van der Waals surface area contributed by atoms with Gasteiger partial charge < -0.3 is 15.5 Å². The van der Waals surface area contributed by atoms with E-state index in [1.807, 2.05) is 31.0 Å². The summed E-state index contributed by atoms with van der Waals surface area (Å²) in [4.78, 5) is 26.5. The van der Waals surface area contributed by atoms with Crippen molar-refractivity contribution in [3.8, 4) is 0 Å². The van der Waals surface area contributed by atoms with E-state index in [1.165, 1.54) is 5.56 Å². The van der Waals surface area contributed by atoms with Crippen molar-refractivity contribution in [3.05, 3.63) is 35.4 Å². The molecule has 2 rings (SSSR count). The molecular weight excluding hydrogens is 302 g/mol. The molecule has 1 aliphatic rings. The van der Waals surface area contributed by atoms with E-state index < -0.39 is 0 Å². The Morgan fingerprint density at radius 2 is 1.83 bits per heavy atom. The fourth-order valence-corrected chi connectivity index (χ4v) is 3.11. The summed E-state index contributed by atoms with van der Waals surface area (Å²) in [6.07, 6.45) is 1.50. The van der Waals surface area contributed by atoms with Crippen molar-refractivity contribution in [2.24, 2.45) is 11.8 Å². The average Bonchev–Trinajstić information content (AvgIpc) is 2.60. The molecule has 2 amide bonds. The molecule has 2 N–H and O–H groups in total. The number of amides is 2. The molecule has 0 aromatic heterocycles. The monoisotopic (exact) mass is 331 g/mol. The first-order valence-electron chi connectivity index (χ1n) is 8.78. The van der Waals surface area contributed by atoms with Gasteiger partial charge in [-0.1, -0.05) is 36.8 Å². The number of rotatable bonds is 6. The third kappa shape index (κ3) is 5.06. The van der Waals surface area contributed by atoms with Crippen LogP contribution in [0.3, 0.4) is 0 Å². The second-order valence-corrected chi connectivity index (χ2v) is 6.76. The normalized spacial score (nSPS) is 16.7. The van der Waals surface area contributed by atoms with Crippen LogP contribution >= 0.6 is 0 Å². The molecule has 0 bridgehead atoms. The summed E-state index contributed by atoms with van der Waals surface area (Å²) in [5.41, 5.74) is 2.33. The number of nitrogens with zero attached hydrogens (tertiary/aromatic N) is 1. The van der Waals surface area contributed by atoms with Crippen LogP contribution in [0.5, 0.6) is 0 Å². The van der Waals surface area contributed by atoms with Crippen LogP contribution in [-0.2, 0) is 16.1 Å². The van der Waals surface area contributed by atoms with Crippen LogP contribution in [0.25, 0.3) is 0 Å². The van der Waals surface area contributed by atoms with Gasteiger partial charge >= 0.3 is 0 Å². The molecule has 132 valence electrons. The zero-order valence-electron chi connectivity index (χ0n) is 15.0. The van der Waals surface area contributed by atoms with Gasteiger partial charge in [0.2, 0.25) is 11.8 Å². The van der Waals surface area contributed by atoms with Crippen molar-refractivity contribution in [2.75, 3.05) is 26.7 Å². The maximum Gasteiger partial charge on any atom is 0.226 e. The molecule has 5 heteroatoms. The zero-order chi connectivity index (χ0) is 17.5. The second-order valence-electron chi connectivity index (χ2n) is 6.76. The minimum absolute atomic E-state index is 0.0121. The SMILES string of the molecule is CNCC(C)C(=O)N1CCC(C(=O)NCc2ccc(C)cc2)CC1. The number of nitrogens with one attached hydrogen (secondary N) is 2. The molecule has 24 heavy (non-hydrogen) atoms. The maximum atomic E-state index is 12.3. The Kier molecular flexibility index (Phi) is 6.79. The predicted octanol–water partition coefficient (Wildman–Crippen LogP) is 1.71. The van der Waals surface area contributed by atoms with Gasteiger partial charge in [-0.05, 0) is 32.4 Å². The molecule has 1 fully saturated rings. The first kappa shape index (κ1) is 18.5. The molecule has 1 atom stereocenters. The Bertz CT molecular complexity index is 548. The standard InChI is InChI=1S/C19H29N3O2/c1-14-4-6-16(7-5-14)13-21-18(23)17-8-10-22(11-9-17)19(24)15(2)12-20-3/h4-7,15,17,20H,8-13H2,1-3H3,(H,21,23). The van der Waals surface area contributed by atoms with Crippen LogP contribution in [-0.4, -0.2) is 43.4 Å². The number of hydrogen-bond acceptors (Lipinski definition) is 3. The lowest BCUT2D eigenvalue weighted by Crippen LogP contribution is -2.45. The Morgan fingerprint density at radius 3 is 2.42 bits per heavy atom. The van der Waals surface area contributed by atoms with Gasteiger partial charge in [0.15, 0.2) is 0 Å². The summed E-state index contributed by atoms with van der Waals surface area (Å²) in [7, 11) is 1.86. The third-order valence-electron chi connectivity index (χ3n) is 4.70. The lowest BCUT2D eigenvalue weighted by atomic mass is 9.95. The molecule has 1 unspecified atom stereocenters. The van der Waals surface area contributed by atoms with E-state index in [0.717, 1.165) is 18.4 Å². The van der Waals surface area contributed by atoms with E-state index in [0.29, 0.717) is 26.2 Å². The van der Waals surface area contributed by atoms with E-state index >= 15 is 0 Å². The molecule has 1 saturated heterocycles. The summed E-state index contributed by atoms with van der Waals surface area (Å²) < 4.78 is 0. The molecule has 0 aliphatic carbocycles. The van der Waals surface area contributed by atoms with Crippen molar-refractivity contribution < 1.29 is 9.59 Å². The molecule has 0 spiro atoms. The lowest BCUT2D eigenvalue weighted by molar-refractivity contribution is -0.138. The number of benzene rings is 1. The Hall–Kier alpha value is -1.88. The predicted molar refractivity (Wildman–Crippen MR) is 95.4 cm³/mol. The van der Waals surface area contributed by atoms with Gasteiger partial charge in [-0.15, -0.1) is 0 Å². The largest absolute Gasteiger partial charge is 0.352 e. The number of carbonyl (C=O) groups is 2. The second kappa shape index (κ2) is 8.83. The van der Waals surface area contributed by atoms with Crippen LogP contribution in [0.2, 0.25) is 0 Å². The number of hydrogen-bond donors (Lipinski definition) is 2. The van der Waals surface area contributed by atoms with E-state index in [-0.39, 0.29) is 23.7 Å². The van der Waals surface area contributed by atoms with E-state index in [2.05, 4.69) is 29.7 Å². The first-order valence-corrected chi connectivity index (χ1v) is 8.78. The van der Waals surface area contributed by atoms with Gasteiger partial charge in [0, 0.05) is 38.0 Å². The topological polar surface area (TPSA) is 61.4 Å². The van der Waals surface area contributed by atoms with E-state index in [4.69, 9.17) is 0 Å². The minimum Gasteiger partial charge on any atom is -0.352 e. The van der Waals surface area contributed by atoms with Crippen LogP contribution in [0, 0.1) is 18.8 Å². The maximum absolute atomic E-state index is 12.3. The quantitative estimate of drug-likeness (QED) is 0.834. The number of likely N-dealkylation sites (tertiary alicyclic amines) is 1. The zero-order valence-corrected chi connectivity index (χ0v) is 15.0. The van der Waals surface area contributed by atoms with Crippen LogP contribution in [0.4, 0.5) is 0 Å². The third-order valence-corrected chi connectivity index (χ3v) is 4.70. The molecule has 5 nitrogen and oxygen atoms in total. The molecule has 0 saturated carbocycles. The highest BCUT2D eigenvalue weighted by molar-refractivity contribution is 5.81. The molecule has 0 radical (unpaired) electrons. The van der Waals surface area contributed by atoms with E-state index in [9.17, 15) is 9.59 Å². The van der Waals surface area contributed by atoms with Crippen LogP contribution in [0.1, 0.15) is 30.9 Å². The summed E-state index contributed by atoms with van der Waals surface area (Å²) in [6, 6.07) is 8.19. The first-order chi connectivity index (χ1) is 11.5. The fraction of sp³-hybridized carbons (Fsp3) is 0.579. The fourth-order valence-electron chi connectivity index (χ4n) is 3.11. The summed E-state index contributed by atoms with van der Waals surface area (Å²) in [5.74, 6) is 0.287. The Morgan fingerprint density at radius 1 is 1.21 bits per heavy atom. The number of aryl methyl sites for hydroxylation is 1. The highest BCUT2D eigenvalue weighted by atomic mass is 16.2. The molecule has 1 aromatic carbocycles. The molecular formula is C19H29N3O2. The highest BCUT2D eigenvalue weighted by Crippen LogP contribution is 2.19. The van der Waals surface area contributed by atoms with Crippen molar-refractivity contribution >= 4 is 11.8 Å². The van der Waals surface area contributed by atoms with Gasteiger partial charge in [-0.2, -0.15) is 0 Å². The summed E-state index contributed by atoms with van der Waals surface area (Å²) in [6.45, 7) is 6.60. The van der Waals surface area contributed by atoms with E-state index in [1.54, 1.807) is 0 Å². The smallest absolute Gasteiger partial charge is 0.226 e. The van der Waals surface area contributed by atoms with Crippen molar-refractivity contribution in [1.29, 1.82) is 0 Å². The highest BCUT2D eigenvalue weighted by Gasteiger charge is 2.28. The Balaban J connectivity index is 1.76. The average molecular weight is 331 g/mol.